The molecule has 0 aliphatic carbocycles. The van der Waals surface area contributed by atoms with E-state index in [1.807, 2.05) is 0 Å². The van der Waals surface area contributed by atoms with E-state index >= 15 is 0 Å². The Morgan fingerprint density at radius 2 is 1.95 bits per heavy atom. The van der Waals surface area contributed by atoms with Crippen molar-refractivity contribution in [3.63, 3.8) is 0 Å². The third-order valence-electron chi connectivity index (χ3n) is 3.53. The molecular formula is C13H17F2NO3S. The highest BCUT2D eigenvalue weighted by molar-refractivity contribution is 7.89. The first kappa shape index (κ1) is 15.3. The lowest BCUT2D eigenvalue weighted by Crippen LogP contribution is -2.34. The number of aliphatic hydroxyl groups is 1. The summed E-state index contributed by atoms with van der Waals surface area (Å²) in [5.74, 6) is -1.92. The largest absolute Gasteiger partial charge is 0.390 e. The van der Waals surface area contributed by atoms with Crippen LogP contribution >= 0.6 is 0 Å². The van der Waals surface area contributed by atoms with Crippen LogP contribution in [0.15, 0.2) is 23.1 Å². The lowest BCUT2D eigenvalue weighted by molar-refractivity contribution is 0.0465. The average molecular weight is 305 g/mol. The van der Waals surface area contributed by atoms with Gasteiger partial charge in [-0.05, 0) is 38.3 Å². The fraction of sp³-hybridized carbons (Fsp3) is 0.538. The van der Waals surface area contributed by atoms with E-state index in [0.717, 1.165) is 16.4 Å². The summed E-state index contributed by atoms with van der Waals surface area (Å²) in [4.78, 5) is -0.527. The van der Waals surface area contributed by atoms with Gasteiger partial charge in [0.05, 0.1) is 5.60 Å². The van der Waals surface area contributed by atoms with Crippen molar-refractivity contribution < 1.29 is 22.3 Å². The van der Waals surface area contributed by atoms with Gasteiger partial charge >= 0.3 is 0 Å². The van der Waals surface area contributed by atoms with E-state index in [1.54, 1.807) is 6.92 Å². The number of hydrogen-bond acceptors (Lipinski definition) is 3. The van der Waals surface area contributed by atoms with Crippen molar-refractivity contribution in [2.75, 3.05) is 13.1 Å². The SMILES string of the molecule is CC1(O)CCCN(S(=O)(=O)c2ccc(F)cc2F)CC1. The maximum atomic E-state index is 13.7. The van der Waals surface area contributed by atoms with Gasteiger partial charge in [-0.15, -0.1) is 0 Å². The third-order valence-corrected chi connectivity index (χ3v) is 5.47. The molecule has 0 aromatic heterocycles. The molecule has 1 aromatic carbocycles. The molecule has 1 aromatic rings. The molecule has 0 bridgehead atoms. The number of rotatable bonds is 2. The van der Waals surface area contributed by atoms with Crippen LogP contribution in [-0.2, 0) is 10.0 Å². The van der Waals surface area contributed by atoms with E-state index in [0.29, 0.717) is 18.9 Å². The lowest BCUT2D eigenvalue weighted by atomic mass is 9.98. The van der Waals surface area contributed by atoms with Crippen LogP contribution in [0, 0.1) is 11.6 Å². The molecular weight excluding hydrogens is 288 g/mol. The molecule has 2 rings (SSSR count). The zero-order valence-corrected chi connectivity index (χ0v) is 12.0. The van der Waals surface area contributed by atoms with Gasteiger partial charge in [0.25, 0.3) is 0 Å². The summed E-state index contributed by atoms with van der Waals surface area (Å²) >= 11 is 0. The first-order valence-electron chi connectivity index (χ1n) is 6.40. The monoisotopic (exact) mass is 305 g/mol. The second-order valence-corrected chi connectivity index (χ2v) is 7.24. The Morgan fingerprint density at radius 1 is 1.25 bits per heavy atom. The highest BCUT2D eigenvalue weighted by Gasteiger charge is 2.32. The van der Waals surface area contributed by atoms with Crippen molar-refractivity contribution in [2.45, 2.75) is 36.7 Å². The van der Waals surface area contributed by atoms with Crippen LogP contribution in [0.4, 0.5) is 8.78 Å². The first-order valence-corrected chi connectivity index (χ1v) is 7.84. The van der Waals surface area contributed by atoms with E-state index in [4.69, 9.17) is 0 Å². The number of halogens is 2. The smallest absolute Gasteiger partial charge is 0.245 e. The summed E-state index contributed by atoms with van der Waals surface area (Å²) < 4.78 is 52.4. The highest BCUT2D eigenvalue weighted by atomic mass is 32.2. The van der Waals surface area contributed by atoms with E-state index in [1.165, 1.54) is 0 Å². The number of nitrogens with zero attached hydrogens (tertiary/aromatic N) is 1. The Kier molecular flexibility index (Phi) is 4.13. The van der Waals surface area contributed by atoms with E-state index in [9.17, 15) is 22.3 Å². The molecule has 1 aliphatic heterocycles. The summed E-state index contributed by atoms with van der Waals surface area (Å²) in [7, 11) is -4.00. The minimum absolute atomic E-state index is 0.117. The molecule has 1 saturated heterocycles. The molecule has 1 atom stereocenters. The normalized spacial score (nSPS) is 25.4. The maximum absolute atomic E-state index is 13.7. The van der Waals surface area contributed by atoms with Gasteiger partial charge in [0.2, 0.25) is 10.0 Å². The van der Waals surface area contributed by atoms with Gasteiger partial charge in [-0.25, -0.2) is 17.2 Å². The standard InChI is InChI=1S/C13H17F2NO3S/c1-13(17)5-2-7-16(8-6-13)20(18,19)12-4-3-10(14)9-11(12)15/h3-4,9,17H,2,5-8H2,1H3. The second kappa shape index (κ2) is 5.38. The molecule has 0 amide bonds. The second-order valence-electron chi connectivity index (χ2n) is 5.33. The van der Waals surface area contributed by atoms with Crippen LogP contribution < -0.4 is 0 Å². The molecule has 20 heavy (non-hydrogen) atoms. The van der Waals surface area contributed by atoms with Gasteiger partial charge in [0, 0.05) is 19.2 Å². The van der Waals surface area contributed by atoms with Crippen molar-refractivity contribution in [2.24, 2.45) is 0 Å². The minimum Gasteiger partial charge on any atom is -0.390 e. The summed E-state index contributed by atoms with van der Waals surface area (Å²) in [6.07, 6.45) is 1.27. The van der Waals surface area contributed by atoms with Crippen molar-refractivity contribution in [1.29, 1.82) is 0 Å². The van der Waals surface area contributed by atoms with Gasteiger partial charge in [0.15, 0.2) is 0 Å². The fourth-order valence-corrected chi connectivity index (χ4v) is 3.83. The average Bonchev–Trinajstić information content (AvgIpc) is 2.50. The van der Waals surface area contributed by atoms with Gasteiger partial charge in [0.1, 0.15) is 16.5 Å². The number of benzene rings is 1. The van der Waals surface area contributed by atoms with Crippen molar-refractivity contribution in [3.05, 3.63) is 29.8 Å². The van der Waals surface area contributed by atoms with Gasteiger partial charge in [-0.2, -0.15) is 4.31 Å². The minimum atomic E-state index is -4.00. The Bertz CT molecular complexity index is 602. The summed E-state index contributed by atoms with van der Waals surface area (Å²) in [5.41, 5.74) is -0.911. The fourth-order valence-electron chi connectivity index (χ4n) is 2.30. The van der Waals surface area contributed by atoms with E-state index in [2.05, 4.69) is 0 Å². The number of sulfonamides is 1. The molecule has 7 heteroatoms. The predicted octanol–water partition coefficient (Wildman–Crippen LogP) is 1.89. The van der Waals surface area contributed by atoms with Gasteiger partial charge < -0.3 is 5.11 Å². The molecule has 4 nitrogen and oxygen atoms in total. The van der Waals surface area contributed by atoms with Crippen molar-refractivity contribution in [1.82, 2.24) is 4.31 Å². The summed E-state index contributed by atoms with van der Waals surface area (Å²) in [6, 6.07) is 2.41. The molecule has 0 radical (unpaired) electrons. The van der Waals surface area contributed by atoms with Crippen LogP contribution in [0.3, 0.4) is 0 Å². The summed E-state index contributed by atoms with van der Waals surface area (Å²) in [5, 5.41) is 9.95. The maximum Gasteiger partial charge on any atom is 0.245 e. The van der Waals surface area contributed by atoms with Crippen LogP contribution in [0.5, 0.6) is 0 Å². The zero-order valence-electron chi connectivity index (χ0n) is 11.1. The lowest BCUT2D eigenvalue weighted by Gasteiger charge is -2.22. The molecule has 112 valence electrons. The molecule has 1 aliphatic rings. The highest BCUT2D eigenvalue weighted by Crippen LogP contribution is 2.26. The van der Waals surface area contributed by atoms with Crippen molar-refractivity contribution in [3.8, 4) is 0 Å². The Morgan fingerprint density at radius 3 is 2.60 bits per heavy atom. The zero-order chi connectivity index (χ0) is 15.0. The summed E-state index contributed by atoms with van der Waals surface area (Å²) in [6.45, 7) is 1.99. The van der Waals surface area contributed by atoms with Crippen molar-refractivity contribution >= 4 is 10.0 Å². The van der Waals surface area contributed by atoms with Crippen LogP contribution in [0.1, 0.15) is 26.2 Å². The Hall–Kier alpha value is -1.05. The van der Waals surface area contributed by atoms with E-state index in [-0.39, 0.29) is 19.5 Å². The van der Waals surface area contributed by atoms with Crippen LogP contribution in [-0.4, -0.2) is 36.5 Å². The number of hydrogen-bond donors (Lipinski definition) is 1. The van der Waals surface area contributed by atoms with Gasteiger partial charge in [-0.1, -0.05) is 0 Å². The molecule has 1 fully saturated rings. The Balaban J connectivity index is 2.30. The van der Waals surface area contributed by atoms with E-state index < -0.39 is 32.2 Å². The molecule has 1 heterocycles. The predicted molar refractivity (Wildman–Crippen MR) is 69.6 cm³/mol. The third kappa shape index (κ3) is 3.16. The quantitative estimate of drug-likeness (QED) is 0.908. The molecule has 1 N–H and O–H groups in total. The Labute approximate surface area is 117 Å². The molecule has 0 saturated carbocycles. The van der Waals surface area contributed by atoms with Crippen LogP contribution in [0.2, 0.25) is 0 Å². The van der Waals surface area contributed by atoms with Gasteiger partial charge in [-0.3, -0.25) is 0 Å². The first-order chi connectivity index (χ1) is 9.22. The molecule has 0 spiro atoms. The van der Waals surface area contributed by atoms with Crippen LogP contribution in [0.25, 0.3) is 0 Å². The topological polar surface area (TPSA) is 57.6 Å². The molecule has 1 unspecified atom stereocenters.